The Morgan fingerprint density at radius 1 is 1.15 bits per heavy atom. The molecule has 6 nitrogen and oxygen atoms in total. The van der Waals surface area contributed by atoms with Crippen LogP contribution in [0.2, 0.25) is 0 Å². The number of rotatable bonds is 9. The predicted molar refractivity (Wildman–Crippen MR) is 121 cm³/mol. The Labute approximate surface area is 179 Å². The van der Waals surface area contributed by atoms with Crippen LogP contribution in [0, 0.1) is 0 Å². The lowest BCUT2D eigenvalue weighted by molar-refractivity contribution is 0.258. The van der Waals surface area contributed by atoms with Gasteiger partial charge in [-0.1, -0.05) is 18.2 Å². The molecule has 1 unspecified atom stereocenters. The standard InChI is InChI=1S/C20H30N4O2.HI/c1-5-21-20(22-14-16-10-7-8-11-18(16)25-6-2)23-15-17(24(3)4)19-12-9-13-26-19;/h7-13,17H,5-6,14-15H2,1-4H3,(H2,21,22,23);1H. The Bertz CT molecular complexity index is 674. The summed E-state index contributed by atoms with van der Waals surface area (Å²) in [5.74, 6) is 2.59. The second-order valence-corrected chi connectivity index (χ2v) is 6.11. The van der Waals surface area contributed by atoms with Gasteiger partial charge in [0, 0.05) is 18.7 Å². The number of guanidine groups is 1. The average Bonchev–Trinajstić information content (AvgIpc) is 3.15. The van der Waals surface area contributed by atoms with Crippen molar-refractivity contribution in [2.45, 2.75) is 26.4 Å². The van der Waals surface area contributed by atoms with Crippen LogP contribution >= 0.6 is 24.0 Å². The van der Waals surface area contributed by atoms with E-state index in [-0.39, 0.29) is 30.0 Å². The lowest BCUT2D eigenvalue weighted by Gasteiger charge is -2.23. The van der Waals surface area contributed by atoms with Gasteiger partial charge in [0.1, 0.15) is 11.5 Å². The molecule has 27 heavy (non-hydrogen) atoms. The van der Waals surface area contributed by atoms with Gasteiger partial charge in [0.25, 0.3) is 0 Å². The lowest BCUT2D eigenvalue weighted by Crippen LogP contribution is -2.41. The molecule has 0 radical (unpaired) electrons. The maximum Gasteiger partial charge on any atom is 0.191 e. The summed E-state index contributed by atoms with van der Waals surface area (Å²) in [6.07, 6.45) is 1.70. The molecule has 1 atom stereocenters. The molecule has 2 aromatic rings. The van der Waals surface area contributed by atoms with Crippen molar-refractivity contribution in [2.75, 3.05) is 33.8 Å². The van der Waals surface area contributed by atoms with E-state index >= 15 is 0 Å². The molecular weight excluding hydrogens is 455 g/mol. The summed E-state index contributed by atoms with van der Waals surface area (Å²) < 4.78 is 11.2. The molecule has 7 heteroatoms. The van der Waals surface area contributed by atoms with Crippen molar-refractivity contribution in [1.29, 1.82) is 0 Å². The predicted octanol–water partition coefficient (Wildman–Crippen LogP) is 3.65. The summed E-state index contributed by atoms with van der Waals surface area (Å²) in [6.45, 7) is 6.74. The smallest absolute Gasteiger partial charge is 0.191 e. The van der Waals surface area contributed by atoms with E-state index in [0.29, 0.717) is 19.7 Å². The molecule has 1 aromatic carbocycles. The molecule has 150 valence electrons. The van der Waals surface area contributed by atoms with Crippen molar-refractivity contribution >= 4 is 29.9 Å². The highest BCUT2D eigenvalue weighted by Gasteiger charge is 2.17. The first kappa shape index (κ1) is 23.3. The quantitative estimate of drug-likeness (QED) is 0.322. The maximum atomic E-state index is 5.68. The molecule has 0 aliphatic heterocycles. The van der Waals surface area contributed by atoms with Gasteiger partial charge >= 0.3 is 0 Å². The Kier molecular flexibility index (Phi) is 10.9. The van der Waals surface area contributed by atoms with Crippen molar-refractivity contribution in [3.63, 3.8) is 0 Å². The SMILES string of the molecule is CCNC(=NCc1ccccc1OCC)NCC(c1ccco1)N(C)C.I. The summed E-state index contributed by atoms with van der Waals surface area (Å²) in [5, 5.41) is 6.70. The Morgan fingerprint density at radius 3 is 2.56 bits per heavy atom. The summed E-state index contributed by atoms with van der Waals surface area (Å²) in [7, 11) is 4.08. The highest BCUT2D eigenvalue weighted by Crippen LogP contribution is 2.19. The number of furan rings is 1. The van der Waals surface area contributed by atoms with Gasteiger partial charge in [0.15, 0.2) is 5.96 Å². The van der Waals surface area contributed by atoms with Crippen LogP contribution in [-0.2, 0) is 6.54 Å². The lowest BCUT2D eigenvalue weighted by atomic mass is 10.2. The van der Waals surface area contributed by atoms with Gasteiger partial charge in [-0.2, -0.15) is 0 Å². The number of hydrogen-bond donors (Lipinski definition) is 2. The van der Waals surface area contributed by atoms with Gasteiger partial charge in [-0.3, -0.25) is 4.90 Å². The second-order valence-electron chi connectivity index (χ2n) is 6.11. The molecule has 0 aliphatic rings. The minimum atomic E-state index is 0. The maximum absolute atomic E-state index is 5.68. The second kappa shape index (κ2) is 12.6. The van der Waals surface area contributed by atoms with E-state index in [1.165, 1.54) is 0 Å². The van der Waals surface area contributed by atoms with Crippen molar-refractivity contribution in [3.05, 3.63) is 54.0 Å². The van der Waals surface area contributed by atoms with Crippen LogP contribution in [0.15, 0.2) is 52.1 Å². The average molecular weight is 486 g/mol. The number of halogens is 1. The van der Waals surface area contributed by atoms with Crippen molar-refractivity contribution in [2.24, 2.45) is 4.99 Å². The monoisotopic (exact) mass is 486 g/mol. The van der Waals surface area contributed by atoms with E-state index in [1.807, 2.05) is 57.4 Å². The zero-order valence-corrected chi connectivity index (χ0v) is 18.9. The summed E-state index contributed by atoms with van der Waals surface area (Å²) in [6, 6.07) is 12.0. The summed E-state index contributed by atoms with van der Waals surface area (Å²) in [4.78, 5) is 6.83. The van der Waals surface area contributed by atoms with Crippen LogP contribution in [0.5, 0.6) is 5.75 Å². The van der Waals surface area contributed by atoms with Gasteiger partial charge in [-0.05, 0) is 46.1 Å². The zero-order valence-electron chi connectivity index (χ0n) is 16.6. The van der Waals surface area contributed by atoms with Gasteiger partial charge in [-0.15, -0.1) is 24.0 Å². The van der Waals surface area contributed by atoms with Gasteiger partial charge < -0.3 is 19.8 Å². The van der Waals surface area contributed by atoms with Crippen molar-refractivity contribution < 1.29 is 9.15 Å². The highest BCUT2D eigenvalue weighted by atomic mass is 127. The molecule has 2 N–H and O–H groups in total. The third kappa shape index (κ3) is 7.42. The number of ether oxygens (including phenoxy) is 1. The third-order valence-electron chi connectivity index (χ3n) is 3.98. The van der Waals surface area contributed by atoms with Gasteiger partial charge in [0.05, 0.1) is 25.5 Å². The fourth-order valence-corrected chi connectivity index (χ4v) is 2.65. The molecule has 0 saturated carbocycles. The third-order valence-corrected chi connectivity index (χ3v) is 3.98. The molecule has 1 aromatic heterocycles. The zero-order chi connectivity index (χ0) is 18.8. The Balaban J connectivity index is 0.00000364. The number of benzene rings is 1. The molecule has 2 rings (SSSR count). The van der Waals surface area contributed by atoms with Gasteiger partial charge in [-0.25, -0.2) is 4.99 Å². The minimum absolute atomic E-state index is 0. The Hall–Kier alpha value is -1.74. The van der Waals surface area contributed by atoms with Gasteiger partial charge in [0.2, 0.25) is 0 Å². The van der Waals surface area contributed by atoms with Crippen molar-refractivity contribution in [1.82, 2.24) is 15.5 Å². The fraction of sp³-hybridized carbons (Fsp3) is 0.450. The fourth-order valence-electron chi connectivity index (χ4n) is 2.65. The Morgan fingerprint density at radius 2 is 1.93 bits per heavy atom. The first-order chi connectivity index (χ1) is 12.7. The number of likely N-dealkylation sites (N-methyl/N-ethyl adjacent to an activating group) is 1. The van der Waals surface area contributed by atoms with Crippen LogP contribution in [0.3, 0.4) is 0 Å². The molecule has 0 spiro atoms. The van der Waals surface area contributed by atoms with Crippen LogP contribution in [0.4, 0.5) is 0 Å². The van der Waals surface area contributed by atoms with E-state index in [9.17, 15) is 0 Å². The first-order valence-electron chi connectivity index (χ1n) is 9.08. The van der Waals surface area contributed by atoms with E-state index in [1.54, 1.807) is 6.26 Å². The molecule has 0 saturated heterocycles. The summed E-state index contributed by atoms with van der Waals surface area (Å²) in [5.41, 5.74) is 1.07. The van der Waals surface area contributed by atoms with Crippen molar-refractivity contribution in [3.8, 4) is 5.75 Å². The first-order valence-corrected chi connectivity index (χ1v) is 9.08. The molecular formula is C20H31IN4O2. The van der Waals surface area contributed by atoms with Crippen LogP contribution in [-0.4, -0.2) is 44.7 Å². The number of para-hydroxylation sites is 1. The number of nitrogens with one attached hydrogen (secondary N) is 2. The molecule has 1 heterocycles. The number of nitrogens with zero attached hydrogens (tertiary/aromatic N) is 2. The number of hydrogen-bond acceptors (Lipinski definition) is 4. The normalized spacial score (nSPS) is 12.4. The van der Waals surface area contributed by atoms with E-state index < -0.39 is 0 Å². The van der Waals surface area contributed by atoms with Crippen LogP contribution in [0.25, 0.3) is 0 Å². The summed E-state index contributed by atoms with van der Waals surface area (Å²) >= 11 is 0. The van der Waals surface area contributed by atoms with E-state index in [4.69, 9.17) is 14.1 Å². The largest absolute Gasteiger partial charge is 0.494 e. The van der Waals surface area contributed by atoms with Crippen LogP contribution in [0.1, 0.15) is 31.2 Å². The topological polar surface area (TPSA) is 62.0 Å². The van der Waals surface area contributed by atoms with E-state index in [2.05, 4.69) is 22.5 Å². The number of aliphatic imine (C=N–C) groups is 1. The van der Waals surface area contributed by atoms with Crippen LogP contribution < -0.4 is 15.4 Å². The van der Waals surface area contributed by atoms with E-state index in [0.717, 1.165) is 29.6 Å². The molecule has 0 fully saturated rings. The highest BCUT2D eigenvalue weighted by molar-refractivity contribution is 14.0. The molecule has 0 bridgehead atoms. The molecule has 0 aliphatic carbocycles. The molecule has 0 amide bonds. The minimum Gasteiger partial charge on any atom is -0.494 e.